The molecule has 2 aromatic carbocycles. The molecule has 0 radical (unpaired) electrons. The van der Waals surface area contributed by atoms with Crippen LogP contribution in [-0.2, 0) is 7.05 Å². The lowest BCUT2D eigenvalue weighted by Gasteiger charge is -2.10. The standard InChI is InChI=1S/C16H13Cl2N5O3/c1-8-11-4-3-9(5-13(11)21-22(8)2)19-16(24)20-14-7-10(23(25)26)6-12(17)15(14)18/h3-7H,1-2H3,(H2,19,20,24). The first-order valence-corrected chi connectivity index (χ1v) is 8.16. The molecule has 1 aromatic heterocycles. The van der Waals surface area contributed by atoms with E-state index in [1.54, 1.807) is 16.8 Å². The Morgan fingerprint density at radius 2 is 1.96 bits per heavy atom. The Bertz CT molecular complexity index is 1050. The van der Waals surface area contributed by atoms with E-state index in [0.717, 1.165) is 28.7 Å². The van der Waals surface area contributed by atoms with Crippen molar-refractivity contribution in [1.82, 2.24) is 9.78 Å². The number of fused-ring (bicyclic) bond motifs is 1. The van der Waals surface area contributed by atoms with Crippen molar-refractivity contribution in [2.24, 2.45) is 7.05 Å². The van der Waals surface area contributed by atoms with Crippen LogP contribution in [0.5, 0.6) is 0 Å². The minimum Gasteiger partial charge on any atom is -0.308 e. The van der Waals surface area contributed by atoms with Gasteiger partial charge in [-0.15, -0.1) is 0 Å². The van der Waals surface area contributed by atoms with Crippen LogP contribution in [0.4, 0.5) is 21.9 Å². The summed E-state index contributed by atoms with van der Waals surface area (Å²) < 4.78 is 1.75. The number of amides is 2. The van der Waals surface area contributed by atoms with Gasteiger partial charge in [0.25, 0.3) is 5.69 Å². The molecule has 0 aliphatic heterocycles. The first-order chi connectivity index (χ1) is 12.3. The quantitative estimate of drug-likeness (QED) is 0.495. The molecule has 3 rings (SSSR count). The normalized spacial score (nSPS) is 10.8. The highest BCUT2D eigenvalue weighted by Crippen LogP contribution is 2.34. The molecule has 26 heavy (non-hydrogen) atoms. The summed E-state index contributed by atoms with van der Waals surface area (Å²) in [5.74, 6) is 0. The number of carbonyl (C=O) groups excluding carboxylic acids is 1. The smallest absolute Gasteiger partial charge is 0.308 e. The van der Waals surface area contributed by atoms with Crippen LogP contribution >= 0.6 is 23.2 Å². The van der Waals surface area contributed by atoms with E-state index in [1.807, 2.05) is 20.0 Å². The minimum atomic E-state index is -0.622. The average molecular weight is 394 g/mol. The number of hydrogen-bond acceptors (Lipinski definition) is 4. The highest BCUT2D eigenvalue weighted by molar-refractivity contribution is 6.44. The van der Waals surface area contributed by atoms with Crippen LogP contribution in [0.2, 0.25) is 10.0 Å². The van der Waals surface area contributed by atoms with Crippen molar-refractivity contribution in [3.63, 3.8) is 0 Å². The number of nitro benzene ring substituents is 1. The number of urea groups is 1. The monoisotopic (exact) mass is 393 g/mol. The topological polar surface area (TPSA) is 102 Å². The number of nitrogens with zero attached hydrogens (tertiary/aromatic N) is 3. The van der Waals surface area contributed by atoms with Gasteiger partial charge in [0.05, 0.1) is 26.2 Å². The summed E-state index contributed by atoms with van der Waals surface area (Å²) in [6.07, 6.45) is 0. The Kier molecular flexibility index (Phi) is 4.71. The van der Waals surface area contributed by atoms with E-state index in [-0.39, 0.29) is 21.4 Å². The molecule has 2 amide bonds. The maximum atomic E-state index is 12.2. The lowest BCUT2D eigenvalue weighted by molar-refractivity contribution is -0.384. The number of aromatic nitrogens is 2. The third-order valence-corrected chi connectivity index (χ3v) is 4.66. The summed E-state index contributed by atoms with van der Waals surface area (Å²) in [5, 5.41) is 21.3. The van der Waals surface area contributed by atoms with Crippen molar-refractivity contribution in [2.45, 2.75) is 6.92 Å². The number of nitrogens with one attached hydrogen (secondary N) is 2. The van der Waals surface area contributed by atoms with Crippen LogP contribution in [0.15, 0.2) is 30.3 Å². The molecule has 0 bridgehead atoms. The van der Waals surface area contributed by atoms with Crippen molar-refractivity contribution in [1.29, 1.82) is 0 Å². The van der Waals surface area contributed by atoms with Crippen LogP contribution in [0.1, 0.15) is 5.69 Å². The van der Waals surface area contributed by atoms with Crippen LogP contribution in [0, 0.1) is 17.0 Å². The highest BCUT2D eigenvalue weighted by Gasteiger charge is 2.16. The lowest BCUT2D eigenvalue weighted by Crippen LogP contribution is -2.19. The summed E-state index contributed by atoms with van der Waals surface area (Å²) in [5.41, 5.74) is 2.02. The average Bonchev–Trinajstić information content (AvgIpc) is 2.85. The maximum absolute atomic E-state index is 12.2. The molecule has 0 atom stereocenters. The van der Waals surface area contributed by atoms with Crippen LogP contribution in [-0.4, -0.2) is 20.7 Å². The molecule has 2 N–H and O–H groups in total. The number of carbonyl (C=O) groups is 1. The number of halogens is 2. The first-order valence-electron chi connectivity index (χ1n) is 7.41. The van der Waals surface area contributed by atoms with Gasteiger partial charge < -0.3 is 10.6 Å². The molecule has 0 aliphatic rings. The molecule has 0 saturated heterocycles. The zero-order valence-electron chi connectivity index (χ0n) is 13.7. The van der Waals surface area contributed by atoms with E-state index in [2.05, 4.69) is 15.7 Å². The molecular formula is C16H13Cl2N5O3. The van der Waals surface area contributed by atoms with Gasteiger partial charge >= 0.3 is 6.03 Å². The van der Waals surface area contributed by atoms with E-state index in [0.29, 0.717) is 5.69 Å². The molecule has 0 unspecified atom stereocenters. The fourth-order valence-corrected chi connectivity index (χ4v) is 2.83. The van der Waals surface area contributed by atoms with Crippen molar-refractivity contribution in [2.75, 3.05) is 10.6 Å². The SMILES string of the molecule is Cc1c2ccc(NC(=O)Nc3cc([N+](=O)[O-])cc(Cl)c3Cl)cc2nn1C. The number of nitro groups is 1. The summed E-state index contributed by atoms with van der Waals surface area (Å²) in [6, 6.07) is 6.95. The van der Waals surface area contributed by atoms with Gasteiger partial charge in [-0.25, -0.2) is 4.79 Å². The van der Waals surface area contributed by atoms with Gasteiger partial charge in [0.1, 0.15) is 0 Å². The van der Waals surface area contributed by atoms with E-state index >= 15 is 0 Å². The van der Waals surface area contributed by atoms with Gasteiger partial charge in [-0.05, 0) is 25.1 Å². The van der Waals surface area contributed by atoms with Crippen LogP contribution in [0.3, 0.4) is 0 Å². The van der Waals surface area contributed by atoms with Crippen molar-refractivity contribution >= 4 is 57.2 Å². The Morgan fingerprint density at radius 3 is 2.65 bits per heavy atom. The first kappa shape index (κ1) is 18.0. The molecule has 134 valence electrons. The van der Waals surface area contributed by atoms with E-state index < -0.39 is 11.0 Å². The minimum absolute atomic E-state index is 0.0169. The van der Waals surface area contributed by atoms with E-state index in [1.165, 1.54) is 0 Å². The maximum Gasteiger partial charge on any atom is 0.323 e. The number of hydrogen-bond donors (Lipinski definition) is 2. The predicted octanol–water partition coefficient (Wildman–Crippen LogP) is 4.74. The second-order valence-corrected chi connectivity index (χ2v) is 6.35. The zero-order valence-corrected chi connectivity index (χ0v) is 15.2. The van der Waals surface area contributed by atoms with Gasteiger partial charge in [-0.2, -0.15) is 5.10 Å². The van der Waals surface area contributed by atoms with Gasteiger partial charge in [-0.3, -0.25) is 14.8 Å². The number of aryl methyl sites for hydroxylation is 2. The van der Waals surface area contributed by atoms with Crippen LogP contribution in [0.25, 0.3) is 10.9 Å². The van der Waals surface area contributed by atoms with Crippen molar-refractivity contribution in [3.05, 3.63) is 56.2 Å². The largest absolute Gasteiger partial charge is 0.323 e. The molecule has 8 nitrogen and oxygen atoms in total. The number of non-ortho nitro benzene ring substituents is 1. The molecule has 10 heteroatoms. The van der Waals surface area contributed by atoms with Gasteiger partial charge in [0, 0.05) is 35.9 Å². The van der Waals surface area contributed by atoms with E-state index in [9.17, 15) is 14.9 Å². The Morgan fingerprint density at radius 1 is 1.23 bits per heavy atom. The Hall–Kier alpha value is -2.84. The third-order valence-electron chi connectivity index (χ3n) is 3.86. The van der Waals surface area contributed by atoms with Crippen LogP contribution < -0.4 is 10.6 Å². The number of rotatable bonds is 3. The van der Waals surface area contributed by atoms with Crippen molar-refractivity contribution < 1.29 is 9.72 Å². The molecule has 3 aromatic rings. The highest BCUT2D eigenvalue weighted by atomic mass is 35.5. The summed E-state index contributed by atoms with van der Waals surface area (Å²) in [4.78, 5) is 22.5. The summed E-state index contributed by atoms with van der Waals surface area (Å²) in [6.45, 7) is 1.95. The zero-order chi connectivity index (χ0) is 19.0. The summed E-state index contributed by atoms with van der Waals surface area (Å²) >= 11 is 11.9. The Labute approximate surface area is 157 Å². The number of benzene rings is 2. The van der Waals surface area contributed by atoms with E-state index in [4.69, 9.17) is 23.2 Å². The summed E-state index contributed by atoms with van der Waals surface area (Å²) in [7, 11) is 1.84. The second kappa shape index (κ2) is 6.81. The third kappa shape index (κ3) is 3.42. The molecule has 1 heterocycles. The van der Waals surface area contributed by atoms with Gasteiger partial charge in [-0.1, -0.05) is 23.2 Å². The predicted molar refractivity (Wildman–Crippen MR) is 101 cm³/mol. The molecule has 0 fully saturated rings. The van der Waals surface area contributed by atoms with Gasteiger partial charge in [0.2, 0.25) is 0 Å². The fourth-order valence-electron chi connectivity index (χ4n) is 2.46. The number of anilines is 2. The molecule has 0 spiro atoms. The lowest BCUT2D eigenvalue weighted by atomic mass is 10.2. The molecule has 0 aliphatic carbocycles. The molecular weight excluding hydrogens is 381 g/mol. The second-order valence-electron chi connectivity index (χ2n) is 5.57. The molecule has 0 saturated carbocycles. The van der Waals surface area contributed by atoms with Crippen molar-refractivity contribution in [3.8, 4) is 0 Å². The van der Waals surface area contributed by atoms with Gasteiger partial charge in [0.15, 0.2) is 0 Å². The fraction of sp³-hybridized carbons (Fsp3) is 0.125. The Balaban J connectivity index is 1.82.